The van der Waals surface area contributed by atoms with Crippen LogP contribution in [-0.4, -0.2) is 45.6 Å². The third-order valence-corrected chi connectivity index (χ3v) is 6.41. The molecule has 0 radical (unpaired) electrons. The van der Waals surface area contributed by atoms with Crippen molar-refractivity contribution in [1.82, 2.24) is 15.5 Å². The first-order valence-electron chi connectivity index (χ1n) is 13.9. The summed E-state index contributed by atoms with van der Waals surface area (Å²) in [6.45, 7) is 9.10. The molecule has 3 aromatic rings. The number of hydrogen-bond acceptors (Lipinski definition) is 5. The van der Waals surface area contributed by atoms with E-state index in [4.69, 9.17) is 11.2 Å². The van der Waals surface area contributed by atoms with E-state index >= 15 is 0 Å². The number of carbonyl (C=O) groups is 3. The maximum Gasteiger partial charge on any atom is 0.408 e. The highest BCUT2D eigenvalue weighted by atomic mass is 16.6. The Morgan fingerprint density at radius 3 is 2.10 bits per heavy atom. The number of carbonyl (C=O) groups excluding carboxylic acids is 3. The molecule has 0 heterocycles. The van der Waals surface area contributed by atoms with E-state index in [1.807, 2.05) is 44.2 Å². The first-order valence-corrected chi connectivity index (χ1v) is 13.9. The van der Waals surface area contributed by atoms with Gasteiger partial charge in [-0.05, 0) is 75.6 Å². The molecule has 2 atom stereocenters. The van der Waals surface area contributed by atoms with Crippen molar-refractivity contribution in [3.63, 3.8) is 0 Å². The van der Waals surface area contributed by atoms with Crippen LogP contribution in [0.4, 0.5) is 4.79 Å². The smallest absolute Gasteiger partial charge is 0.408 e. The Morgan fingerprint density at radius 2 is 1.55 bits per heavy atom. The van der Waals surface area contributed by atoms with E-state index in [9.17, 15) is 19.5 Å². The second kappa shape index (κ2) is 14.2. The van der Waals surface area contributed by atoms with Crippen molar-refractivity contribution in [1.29, 1.82) is 0 Å². The molecular weight excluding hydrogens is 530 g/mol. The lowest BCUT2D eigenvalue weighted by molar-refractivity contribution is -0.144. The molecule has 0 saturated heterocycles. The number of phenolic OH excluding ortho intramolecular Hbond substituents is 1. The molecule has 8 nitrogen and oxygen atoms in total. The summed E-state index contributed by atoms with van der Waals surface area (Å²) in [7, 11) is 0. The van der Waals surface area contributed by atoms with Crippen LogP contribution in [0.15, 0.2) is 78.9 Å². The number of phenols is 1. The van der Waals surface area contributed by atoms with Gasteiger partial charge in [-0.2, -0.15) is 0 Å². The Kier molecular flexibility index (Phi) is 10.8. The quantitative estimate of drug-likeness (QED) is 0.294. The van der Waals surface area contributed by atoms with Gasteiger partial charge in [0.25, 0.3) is 0 Å². The first-order chi connectivity index (χ1) is 19.9. The summed E-state index contributed by atoms with van der Waals surface area (Å²) < 4.78 is 5.46. The minimum absolute atomic E-state index is 0.0797. The number of amides is 3. The third kappa shape index (κ3) is 9.13. The van der Waals surface area contributed by atoms with Crippen LogP contribution in [0.1, 0.15) is 62.9 Å². The van der Waals surface area contributed by atoms with Gasteiger partial charge in [-0.3, -0.25) is 9.59 Å². The van der Waals surface area contributed by atoms with E-state index in [0.29, 0.717) is 16.7 Å². The fourth-order valence-corrected chi connectivity index (χ4v) is 4.46. The van der Waals surface area contributed by atoms with E-state index in [1.54, 1.807) is 57.2 Å². The number of hydrogen-bond donors (Lipinski definition) is 3. The molecule has 0 aliphatic carbocycles. The van der Waals surface area contributed by atoms with Crippen molar-refractivity contribution in [2.45, 2.75) is 71.3 Å². The van der Waals surface area contributed by atoms with Crippen LogP contribution in [0, 0.1) is 12.3 Å². The standard InChI is InChI=1S/C34H39N3O5/c1-7-24-13-17-27(18-14-24)30(31(39)35-22-26-11-9-8-10-12-26)37(23(2)3)32(40)29(36-33(41)42-34(4,5)6)21-25-15-19-28(38)20-16-25/h1,8-20,23,29-30,38H,21-22H2,2-6H3,(H,35,39)(H,36,41). The van der Waals surface area contributed by atoms with Crippen LogP contribution >= 0.6 is 0 Å². The van der Waals surface area contributed by atoms with E-state index in [0.717, 1.165) is 5.56 Å². The van der Waals surface area contributed by atoms with Crippen LogP contribution in [-0.2, 0) is 27.3 Å². The lowest BCUT2D eigenvalue weighted by Crippen LogP contribution is -2.55. The largest absolute Gasteiger partial charge is 0.508 e. The number of terminal acetylenes is 1. The number of alkyl carbamates (subject to hydrolysis) is 1. The number of ether oxygens (including phenoxy) is 1. The summed E-state index contributed by atoms with van der Waals surface area (Å²) >= 11 is 0. The SMILES string of the molecule is C#Cc1ccc(C(C(=O)NCc2ccccc2)N(C(=O)C(Cc2ccc(O)cc2)NC(=O)OC(C)(C)C)C(C)C)cc1. The van der Waals surface area contributed by atoms with Crippen molar-refractivity contribution in [2.24, 2.45) is 0 Å². The molecule has 0 bridgehead atoms. The number of nitrogens with zero attached hydrogens (tertiary/aromatic N) is 1. The predicted octanol–water partition coefficient (Wildman–Crippen LogP) is 5.10. The zero-order valence-electron chi connectivity index (χ0n) is 24.8. The summed E-state index contributed by atoms with van der Waals surface area (Å²) in [4.78, 5) is 42.6. The molecule has 3 N–H and O–H groups in total. The highest BCUT2D eigenvalue weighted by molar-refractivity contribution is 5.92. The number of nitrogens with one attached hydrogen (secondary N) is 2. The molecule has 8 heteroatoms. The number of aromatic hydroxyl groups is 1. The monoisotopic (exact) mass is 569 g/mol. The lowest BCUT2D eigenvalue weighted by Gasteiger charge is -2.37. The van der Waals surface area contributed by atoms with E-state index < -0.39 is 35.7 Å². The van der Waals surface area contributed by atoms with Crippen LogP contribution in [0.25, 0.3) is 0 Å². The highest BCUT2D eigenvalue weighted by Gasteiger charge is 2.38. The van der Waals surface area contributed by atoms with Gasteiger partial charge in [0.05, 0.1) is 0 Å². The fourth-order valence-electron chi connectivity index (χ4n) is 4.46. The zero-order valence-corrected chi connectivity index (χ0v) is 24.8. The molecule has 220 valence electrons. The van der Waals surface area contributed by atoms with Crippen molar-refractivity contribution in [2.75, 3.05) is 0 Å². The number of benzene rings is 3. The summed E-state index contributed by atoms with van der Waals surface area (Å²) in [5.41, 5.74) is 2.04. The summed E-state index contributed by atoms with van der Waals surface area (Å²) in [5, 5.41) is 15.4. The molecule has 0 saturated carbocycles. The average Bonchev–Trinajstić information content (AvgIpc) is 2.94. The third-order valence-electron chi connectivity index (χ3n) is 6.41. The Balaban J connectivity index is 2.01. The molecule has 3 rings (SSSR count). The van der Waals surface area contributed by atoms with Crippen LogP contribution in [0.5, 0.6) is 5.75 Å². The Hall–Kier alpha value is -4.77. The molecule has 42 heavy (non-hydrogen) atoms. The Bertz CT molecular complexity index is 1390. The lowest BCUT2D eigenvalue weighted by atomic mass is 9.98. The molecule has 0 fully saturated rings. The van der Waals surface area contributed by atoms with Gasteiger partial charge in [-0.15, -0.1) is 6.42 Å². The van der Waals surface area contributed by atoms with Crippen LogP contribution in [0.3, 0.4) is 0 Å². The van der Waals surface area contributed by atoms with Gasteiger partial charge in [0.2, 0.25) is 11.8 Å². The fraction of sp³-hybridized carbons (Fsp3) is 0.324. The van der Waals surface area contributed by atoms with Gasteiger partial charge in [0.15, 0.2) is 0 Å². The maximum atomic E-state index is 14.4. The predicted molar refractivity (Wildman–Crippen MR) is 162 cm³/mol. The summed E-state index contributed by atoms with van der Waals surface area (Å²) in [5.74, 6) is 1.81. The van der Waals surface area contributed by atoms with Crippen LogP contribution < -0.4 is 10.6 Å². The van der Waals surface area contributed by atoms with Gasteiger partial charge in [0.1, 0.15) is 23.4 Å². The van der Waals surface area contributed by atoms with Crippen molar-refractivity contribution in [3.8, 4) is 18.1 Å². The van der Waals surface area contributed by atoms with Crippen molar-refractivity contribution < 1.29 is 24.2 Å². The average molecular weight is 570 g/mol. The van der Waals surface area contributed by atoms with Gasteiger partial charge >= 0.3 is 6.09 Å². The summed E-state index contributed by atoms with van der Waals surface area (Å²) in [6.07, 6.45) is 4.90. The normalized spacial score (nSPS) is 12.5. The molecule has 0 aromatic heterocycles. The molecule has 0 spiro atoms. The zero-order chi connectivity index (χ0) is 30.9. The topological polar surface area (TPSA) is 108 Å². The van der Waals surface area contributed by atoms with Gasteiger partial charge in [-0.1, -0.05) is 60.5 Å². The molecule has 3 amide bonds. The van der Waals surface area contributed by atoms with Gasteiger partial charge in [0, 0.05) is 24.6 Å². The van der Waals surface area contributed by atoms with E-state index in [-0.39, 0.29) is 24.6 Å². The molecule has 0 aliphatic rings. The second-order valence-electron chi connectivity index (χ2n) is 11.3. The Morgan fingerprint density at radius 1 is 0.929 bits per heavy atom. The maximum absolute atomic E-state index is 14.4. The second-order valence-corrected chi connectivity index (χ2v) is 11.3. The van der Waals surface area contributed by atoms with E-state index in [1.165, 1.54) is 17.0 Å². The minimum atomic E-state index is -1.07. The Labute approximate surface area is 248 Å². The van der Waals surface area contributed by atoms with Gasteiger partial charge in [-0.25, -0.2) is 4.79 Å². The summed E-state index contributed by atoms with van der Waals surface area (Å²) in [6, 6.07) is 20.3. The minimum Gasteiger partial charge on any atom is -0.508 e. The molecule has 3 aromatic carbocycles. The van der Waals surface area contributed by atoms with Gasteiger partial charge < -0.3 is 25.4 Å². The highest BCUT2D eigenvalue weighted by Crippen LogP contribution is 2.26. The van der Waals surface area contributed by atoms with Crippen LogP contribution in [0.2, 0.25) is 0 Å². The number of rotatable bonds is 10. The molecule has 0 aliphatic heterocycles. The van der Waals surface area contributed by atoms with E-state index in [2.05, 4.69) is 16.6 Å². The van der Waals surface area contributed by atoms with Crippen molar-refractivity contribution >= 4 is 17.9 Å². The first kappa shape index (κ1) is 31.8. The molecule has 2 unspecified atom stereocenters. The molecular formula is C34H39N3O5. The van der Waals surface area contributed by atoms with Crippen molar-refractivity contribution in [3.05, 3.63) is 101 Å².